The van der Waals surface area contributed by atoms with Crippen LogP contribution in [0.2, 0.25) is 0 Å². The van der Waals surface area contributed by atoms with Gasteiger partial charge in [0.25, 0.3) is 11.9 Å². The number of hydrazone groups is 1. The van der Waals surface area contributed by atoms with Crippen LogP contribution < -0.4 is 10.6 Å². The number of fused-ring (bicyclic) bond motifs is 6. The summed E-state index contributed by atoms with van der Waals surface area (Å²) in [7, 11) is 3.22. The lowest BCUT2D eigenvalue weighted by atomic mass is 9.84. The van der Waals surface area contributed by atoms with Gasteiger partial charge in [0.2, 0.25) is 11.8 Å². The molecule has 6 bridgehead atoms. The number of esters is 1. The zero-order valence-corrected chi connectivity index (χ0v) is 42.2. The number of pyridine rings is 1. The maximum atomic E-state index is 15.0. The number of thiazole rings is 1. The van der Waals surface area contributed by atoms with Crippen LogP contribution in [-0.2, 0) is 48.0 Å². The van der Waals surface area contributed by atoms with Crippen molar-refractivity contribution in [1.82, 2.24) is 40.0 Å². The highest BCUT2D eigenvalue weighted by atomic mass is 32.1. The van der Waals surface area contributed by atoms with Gasteiger partial charge in [-0.1, -0.05) is 40.3 Å². The Morgan fingerprint density at radius 1 is 1.17 bits per heavy atom. The average Bonchev–Trinajstić information content (AvgIpc) is 3.73. The molecule has 368 valence electrons. The van der Waals surface area contributed by atoms with Crippen LogP contribution in [0.1, 0.15) is 90.1 Å². The Balaban J connectivity index is 1.29. The molecular weight excluding hydrogens is 897 g/mol. The summed E-state index contributed by atoms with van der Waals surface area (Å²) >= 11 is 1.39. The number of carbonyl (C=O) groups excluding carboxylic acids is 5. The van der Waals surface area contributed by atoms with Crippen LogP contribution in [0.5, 0.6) is 0 Å². The highest BCUT2D eigenvalue weighted by Crippen LogP contribution is 2.42. The van der Waals surface area contributed by atoms with E-state index in [1.165, 1.54) is 33.2 Å². The number of ether oxygens (including phenoxy) is 2. The second-order valence-electron chi connectivity index (χ2n) is 19.2. The van der Waals surface area contributed by atoms with Crippen LogP contribution in [0, 0.1) is 16.7 Å². The van der Waals surface area contributed by atoms with E-state index >= 15 is 4.79 Å². The Labute approximate surface area is 408 Å². The maximum absolute atomic E-state index is 15.0. The number of carbonyl (C=O) groups is 5. The van der Waals surface area contributed by atoms with Crippen molar-refractivity contribution in [1.29, 1.82) is 5.41 Å². The molecule has 17 nitrogen and oxygen atoms in total. The first-order valence-corrected chi connectivity index (χ1v) is 24.8. The third kappa shape index (κ3) is 10.7. The molecule has 3 aliphatic rings. The summed E-state index contributed by atoms with van der Waals surface area (Å²) in [5.41, 5.74) is 6.38. The van der Waals surface area contributed by atoms with Crippen molar-refractivity contribution < 1.29 is 38.1 Å². The van der Waals surface area contributed by atoms with Gasteiger partial charge in [-0.2, -0.15) is 0 Å². The molecule has 5 atom stereocenters. The second kappa shape index (κ2) is 21.2. The maximum Gasteiger partial charge on any atom is 0.378 e. The molecule has 1 saturated heterocycles. The molecule has 69 heavy (non-hydrogen) atoms. The number of urea groups is 1. The van der Waals surface area contributed by atoms with Crippen LogP contribution in [0.4, 0.5) is 4.79 Å². The van der Waals surface area contributed by atoms with Crippen LogP contribution in [0.15, 0.2) is 54.6 Å². The second-order valence-corrected chi connectivity index (χ2v) is 20.2. The third-order valence-corrected chi connectivity index (χ3v) is 14.3. The summed E-state index contributed by atoms with van der Waals surface area (Å²) in [5, 5.41) is 19.1. The van der Waals surface area contributed by atoms with E-state index in [9.17, 15) is 19.2 Å². The molecule has 3 aromatic heterocycles. The van der Waals surface area contributed by atoms with E-state index in [4.69, 9.17) is 24.9 Å². The van der Waals surface area contributed by atoms with Crippen molar-refractivity contribution in [3.63, 3.8) is 0 Å². The highest BCUT2D eigenvalue weighted by molar-refractivity contribution is 7.10. The molecule has 5 amide bonds. The number of benzene rings is 1. The van der Waals surface area contributed by atoms with E-state index in [1.54, 1.807) is 31.1 Å². The number of amides is 5. The van der Waals surface area contributed by atoms with Gasteiger partial charge < -0.3 is 39.9 Å². The third-order valence-electron chi connectivity index (χ3n) is 13.4. The van der Waals surface area contributed by atoms with E-state index < -0.39 is 59.3 Å². The Morgan fingerprint density at radius 3 is 2.59 bits per heavy atom. The molecule has 7 rings (SSSR count). The summed E-state index contributed by atoms with van der Waals surface area (Å²) < 4.78 is 16.0. The van der Waals surface area contributed by atoms with Crippen molar-refractivity contribution in [2.24, 2.45) is 11.3 Å². The predicted molar refractivity (Wildman–Crippen MR) is 266 cm³/mol. The first-order valence-electron chi connectivity index (χ1n) is 23.9. The summed E-state index contributed by atoms with van der Waals surface area (Å²) in [6, 6.07) is 6.48. The minimum atomic E-state index is -1.14. The lowest BCUT2D eigenvalue weighted by molar-refractivity contribution is -0.696. The van der Waals surface area contributed by atoms with Crippen LogP contribution in [0.3, 0.4) is 0 Å². The van der Waals surface area contributed by atoms with Crippen molar-refractivity contribution in [2.45, 2.75) is 117 Å². The average molecular weight is 964 g/mol. The molecule has 3 N–H and O–H groups in total. The Hall–Kier alpha value is -6.27. The molecule has 0 radical (unpaired) electrons. The summed E-state index contributed by atoms with van der Waals surface area (Å²) in [5.74, 6) is -2.21. The van der Waals surface area contributed by atoms with Gasteiger partial charge >= 0.3 is 12.0 Å². The first-order chi connectivity index (χ1) is 32.9. The standard InChI is InChI=1S/C51H66N10O7S/c1-11-42(62)53-21-23-59(41-25-36(41)52)50(66)57(9)45(30(4)5)47(63)56-37-26-43-55-38(28-69-43)32-18-19-39-34(24-32)35(46(58(39)12-2)33-16-14-20-54-44(33)31(6)67-10)27-51(7,8)29-68-49(65)40-17-15-22-61(48(37)64)60(40)13-3/h11,13-14,16,18-20,24,28,30-31,37,40-41,45,52H,1,12,15,17,21-23,25-27,29H2,2-10H3,(H-,53,56,62,63)/p+1/b52-36?,60-13+/t31-,37-,40-,41?,45-/m0/s1. The molecule has 0 spiro atoms. The monoisotopic (exact) mass is 963 g/mol. The number of nitrogens with one attached hydrogen (secondary N) is 3. The van der Waals surface area contributed by atoms with Crippen molar-refractivity contribution in [2.75, 3.05) is 40.4 Å². The van der Waals surface area contributed by atoms with Gasteiger partial charge in [0.05, 0.1) is 47.4 Å². The number of rotatable bonds is 13. The minimum Gasteiger partial charge on any atom is -0.460 e. The van der Waals surface area contributed by atoms with Crippen LogP contribution in [0.25, 0.3) is 33.4 Å². The molecule has 1 saturated carbocycles. The van der Waals surface area contributed by atoms with Crippen LogP contribution in [-0.4, -0.2) is 140 Å². The largest absolute Gasteiger partial charge is 0.460 e. The highest BCUT2D eigenvalue weighted by Gasteiger charge is 2.46. The summed E-state index contributed by atoms with van der Waals surface area (Å²) in [6.45, 7) is 18.5. The fourth-order valence-electron chi connectivity index (χ4n) is 9.76. The van der Waals surface area contributed by atoms with Gasteiger partial charge in [0.1, 0.15) is 12.1 Å². The Bertz CT molecular complexity index is 2670. The van der Waals surface area contributed by atoms with E-state index in [0.717, 1.165) is 50.8 Å². The van der Waals surface area contributed by atoms with Gasteiger partial charge in [-0.15, -0.1) is 21.0 Å². The lowest BCUT2D eigenvalue weighted by Crippen LogP contribution is -2.61. The number of hydrogen-bond donors (Lipinski definition) is 3. The summed E-state index contributed by atoms with van der Waals surface area (Å²) in [4.78, 5) is 82.9. The van der Waals surface area contributed by atoms with Crippen molar-refractivity contribution in [3.05, 3.63) is 70.8 Å². The van der Waals surface area contributed by atoms with Gasteiger partial charge in [0, 0.05) is 105 Å². The van der Waals surface area contributed by atoms with Gasteiger partial charge in [-0.25, -0.2) is 14.6 Å². The number of nitrogens with zero attached hydrogens (tertiary/aromatic N) is 7. The fourth-order valence-corrected chi connectivity index (χ4v) is 10.6. The number of cyclic esters (lactones) is 1. The zero-order valence-electron chi connectivity index (χ0n) is 41.3. The Kier molecular flexibility index (Phi) is 15.5. The van der Waals surface area contributed by atoms with E-state index in [1.807, 2.05) is 32.2 Å². The minimum absolute atomic E-state index is 0.0365. The lowest BCUT2D eigenvalue weighted by Gasteiger charge is -2.36. The first kappa shape index (κ1) is 50.6. The topological polar surface area (TPSA) is 195 Å². The van der Waals surface area contributed by atoms with Crippen LogP contribution >= 0.6 is 11.3 Å². The van der Waals surface area contributed by atoms with Gasteiger partial charge in [-0.05, 0) is 68.5 Å². The number of hydrazine groups is 1. The molecule has 18 heteroatoms. The Morgan fingerprint density at radius 2 is 1.93 bits per heavy atom. The van der Waals surface area contributed by atoms with E-state index in [2.05, 4.69) is 66.8 Å². The van der Waals surface area contributed by atoms with Gasteiger partial charge in [-0.3, -0.25) is 19.4 Å². The number of aromatic nitrogens is 3. The van der Waals surface area contributed by atoms with Crippen molar-refractivity contribution >= 4 is 63.9 Å². The van der Waals surface area contributed by atoms with Crippen molar-refractivity contribution in [3.8, 4) is 22.5 Å². The summed E-state index contributed by atoms with van der Waals surface area (Å²) in [6.07, 6.45) is 6.32. The molecule has 5 heterocycles. The molecule has 1 aromatic carbocycles. The quantitative estimate of drug-likeness (QED) is 0.0796. The zero-order chi connectivity index (χ0) is 49.9. The molecule has 2 aliphatic heterocycles. The normalized spacial score (nSPS) is 20.8. The smallest absolute Gasteiger partial charge is 0.378 e. The molecule has 1 aliphatic carbocycles. The SMILES string of the molecule is C=CC(=O)NCCN(C(=O)N(C)[C@H](C(=O)N[C@H]1Cc2nc(cs2)-c2ccc3c(c2)c(c(-c2cccnc2[C@H](C)OC)n3CC)CC(C)(C)COC(=O)[C@@H]2CCCN(C1=O)/[N+]2=C/C)C(C)C)C1CC1=N. The molecular formula is C51H67N10O7S+. The molecule has 2 fully saturated rings. The molecule has 1 unspecified atom stereocenters. The fraction of sp³-hybridized carbons (Fsp3) is 0.510. The number of aryl methyl sites for hydroxylation is 1. The number of likely N-dealkylation sites (N-methyl/N-ethyl adjacent to an activating group) is 1. The van der Waals surface area contributed by atoms with Gasteiger partial charge in [0.15, 0.2) is 6.21 Å². The number of methoxy groups -OCH3 is 1. The molecule has 4 aromatic rings. The van der Waals surface area contributed by atoms with E-state index in [0.29, 0.717) is 49.5 Å². The predicted octanol–water partition coefficient (Wildman–Crippen LogP) is 6.19. The van der Waals surface area contributed by atoms with E-state index in [-0.39, 0.29) is 38.1 Å². The number of hydrogen-bond acceptors (Lipinski definition) is 11.